The lowest BCUT2D eigenvalue weighted by molar-refractivity contribution is 0.650. The van der Waals surface area contributed by atoms with Crippen molar-refractivity contribution in [3.63, 3.8) is 0 Å². The number of nitrogens with two attached hydrogens (primary N) is 1. The smallest absolute Gasteiger partial charge is 0.181 e. The third-order valence-corrected chi connectivity index (χ3v) is 2.06. The summed E-state index contributed by atoms with van der Waals surface area (Å²) in [6.07, 6.45) is 2.20. The predicted molar refractivity (Wildman–Crippen MR) is 34.1 cm³/mol. The average molecular weight is 139 g/mol. The summed E-state index contributed by atoms with van der Waals surface area (Å²) in [6.45, 7) is 0.631. The van der Waals surface area contributed by atoms with Crippen LogP contribution in [0.2, 0.25) is 0 Å². The van der Waals surface area contributed by atoms with Crippen molar-refractivity contribution in [1.29, 1.82) is 0 Å². The summed E-state index contributed by atoms with van der Waals surface area (Å²) in [5.74, 6) is 0.773. The minimum atomic E-state index is 0.0764. The van der Waals surface area contributed by atoms with E-state index in [1.807, 2.05) is 0 Å². The van der Waals surface area contributed by atoms with E-state index in [4.69, 9.17) is 5.73 Å². The lowest BCUT2D eigenvalue weighted by Gasteiger charge is -2.03. The van der Waals surface area contributed by atoms with Crippen LogP contribution < -0.4 is 5.73 Å². The third kappa shape index (κ3) is 0.637. The van der Waals surface area contributed by atoms with Gasteiger partial charge in [0.15, 0.2) is 5.82 Å². The molecule has 1 aromatic heterocycles. The molecule has 10 heavy (non-hydrogen) atoms. The van der Waals surface area contributed by atoms with Gasteiger partial charge in [-0.05, 0) is 12.8 Å². The molecule has 0 radical (unpaired) electrons. The van der Waals surface area contributed by atoms with Gasteiger partial charge >= 0.3 is 0 Å². The minimum Gasteiger partial charge on any atom is -0.329 e. The lowest BCUT2D eigenvalue weighted by Crippen LogP contribution is -2.21. The molecule has 1 aliphatic carbocycles. The predicted octanol–water partition coefficient (Wildman–Crippen LogP) is -0.810. The molecule has 2 rings (SSSR count). The highest BCUT2D eigenvalue weighted by atomic mass is 15.5. The topological polar surface area (TPSA) is 80.5 Å². The number of nitrogens with one attached hydrogen (secondary N) is 1. The third-order valence-electron chi connectivity index (χ3n) is 2.06. The van der Waals surface area contributed by atoms with Gasteiger partial charge in [-0.15, -0.1) is 10.2 Å². The SMILES string of the molecule is NCC1(c2nn[nH]n2)CC1. The zero-order valence-corrected chi connectivity index (χ0v) is 5.54. The van der Waals surface area contributed by atoms with Gasteiger partial charge in [0.1, 0.15) is 0 Å². The number of rotatable bonds is 2. The number of tetrazole rings is 1. The van der Waals surface area contributed by atoms with E-state index >= 15 is 0 Å². The van der Waals surface area contributed by atoms with E-state index in [1.54, 1.807) is 0 Å². The summed E-state index contributed by atoms with van der Waals surface area (Å²) < 4.78 is 0. The summed E-state index contributed by atoms with van der Waals surface area (Å²) in [7, 11) is 0. The molecule has 5 heteroatoms. The van der Waals surface area contributed by atoms with Crippen molar-refractivity contribution in [1.82, 2.24) is 20.6 Å². The molecule has 0 amide bonds. The lowest BCUT2D eigenvalue weighted by atomic mass is 10.1. The summed E-state index contributed by atoms with van der Waals surface area (Å²) >= 11 is 0. The fraction of sp³-hybridized carbons (Fsp3) is 0.800. The molecule has 0 aromatic carbocycles. The summed E-state index contributed by atoms with van der Waals surface area (Å²) in [5.41, 5.74) is 5.61. The van der Waals surface area contributed by atoms with Crippen molar-refractivity contribution in [2.24, 2.45) is 5.73 Å². The Morgan fingerprint density at radius 2 is 2.40 bits per heavy atom. The Kier molecular flexibility index (Phi) is 1.02. The number of hydrogen-bond donors (Lipinski definition) is 2. The Bertz CT molecular complexity index is 212. The largest absolute Gasteiger partial charge is 0.329 e. The number of nitrogens with zero attached hydrogens (tertiary/aromatic N) is 3. The van der Waals surface area contributed by atoms with Crippen LogP contribution in [0.25, 0.3) is 0 Å². The average Bonchev–Trinajstić information content (AvgIpc) is 2.58. The van der Waals surface area contributed by atoms with Crippen LogP contribution in [-0.4, -0.2) is 27.2 Å². The van der Waals surface area contributed by atoms with E-state index in [1.165, 1.54) is 0 Å². The first kappa shape index (κ1) is 5.79. The van der Waals surface area contributed by atoms with Gasteiger partial charge in [0.25, 0.3) is 0 Å². The van der Waals surface area contributed by atoms with Crippen molar-refractivity contribution in [3.8, 4) is 0 Å². The molecule has 54 valence electrons. The maximum absolute atomic E-state index is 5.54. The van der Waals surface area contributed by atoms with Crippen LogP contribution in [-0.2, 0) is 5.41 Å². The Balaban J connectivity index is 2.27. The molecule has 5 nitrogen and oxygen atoms in total. The number of aromatic nitrogens is 4. The highest BCUT2D eigenvalue weighted by molar-refractivity contribution is 5.16. The standard InChI is InChI=1S/C5H9N5/c6-3-5(1-2-5)4-7-9-10-8-4/h1-3,6H2,(H,7,8,9,10). The second-order valence-electron chi connectivity index (χ2n) is 2.72. The van der Waals surface area contributed by atoms with E-state index in [0.29, 0.717) is 6.54 Å². The molecule has 0 saturated heterocycles. The van der Waals surface area contributed by atoms with Crippen LogP contribution in [0.3, 0.4) is 0 Å². The van der Waals surface area contributed by atoms with Crippen LogP contribution in [0, 0.1) is 0 Å². The second kappa shape index (κ2) is 1.76. The van der Waals surface area contributed by atoms with Gasteiger partial charge in [0, 0.05) is 12.0 Å². The molecule has 0 aliphatic heterocycles. The number of H-pyrrole nitrogens is 1. The Morgan fingerprint density at radius 1 is 1.60 bits per heavy atom. The molecular formula is C5H9N5. The Morgan fingerprint density at radius 3 is 2.80 bits per heavy atom. The zero-order chi connectivity index (χ0) is 7.03. The van der Waals surface area contributed by atoms with Crippen LogP contribution in [0.4, 0.5) is 0 Å². The first-order valence-corrected chi connectivity index (χ1v) is 3.31. The fourth-order valence-electron chi connectivity index (χ4n) is 1.06. The molecule has 1 aromatic rings. The van der Waals surface area contributed by atoms with E-state index in [-0.39, 0.29) is 5.41 Å². The minimum absolute atomic E-state index is 0.0764. The molecule has 0 bridgehead atoms. The van der Waals surface area contributed by atoms with E-state index in [0.717, 1.165) is 18.7 Å². The highest BCUT2D eigenvalue weighted by Gasteiger charge is 2.46. The van der Waals surface area contributed by atoms with Crippen molar-refractivity contribution < 1.29 is 0 Å². The molecule has 1 fully saturated rings. The summed E-state index contributed by atoms with van der Waals surface area (Å²) in [5, 5.41) is 13.7. The summed E-state index contributed by atoms with van der Waals surface area (Å²) in [6, 6.07) is 0. The molecule has 3 N–H and O–H groups in total. The maximum Gasteiger partial charge on any atom is 0.181 e. The number of hydrogen-bond acceptors (Lipinski definition) is 4. The first-order valence-electron chi connectivity index (χ1n) is 3.31. The number of aromatic amines is 1. The maximum atomic E-state index is 5.54. The molecule has 1 heterocycles. The van der Waals surface area contributed by atoms with E-state index < -0.39 is 0 Å². The van der Waals surface area contributed by atoms with Gasteiger partial charge in [-0.1, -0.05) is 5.21 Å². The monoisotopic (exact) mass is 139 g/mol. The van der Waals surface area contributed by atoms with Crippen molar-refractivity contribution >= 4 is 0 Å². The molecule has 1 aliphatic rings. The van der Waals surface area contributed by atoms with Crippen molar-refractivity contribution in [2.45, 2.75) is 18.3 Å². The van der Waals surface area contributed by atoms with Crippen molar-refractivity contribution in [3.05, 3.63) is 5.82 Å². The Labute approximate surface area is 58.0 Å². The van der Waals surface area contributed by atoms with E-state index in [2.05, 4.69) is 20.6 Å². The van der Waals surface area contributed by atoms with Gasteiger partial charge in [-0.25, -0.2) is 0 Å². The van der Waals surface area contributed by atoms with Gasteiger partial charge in [0.2, 0.25) is 0 Å². The molecule has 0 unspecified atom stereocenters. The van der Waals surface area contributed by atoms with E-state index in [9.17, 15) is 0 Å². The van der Waals surface area contributed by atoms with Crippen molar-refractivity contribution in [2.75, 3.05) is 6.54 Å². The van der Waals surface area contributed by atoms with Crippen LogP contribution in [0.15, 0.2) is 0 Å². The summed E-state index contributed by atoms with van der Waals surface area (Å²) in [4.78, 5) is 0. The van der Waals surface area contributed by atoms with Gasteiger partial charge < -0.3 is 5.73 Å². The van der Waals surface area contributed by atoms with Crippen LogP contribution >= 0.6 is 0 Å². The fourth-order valence-corrected chi connectivity index (χ4v) is 1.06. The molecular weight excluding hydrogens is 130 g/mol. The normalized spacial score (nSPS) is 20.9. The quantitative estimate of drug-likeness (QED) is 0.561. The van der Waals surface area contributed by atoms with Gasteiger partial charge in [-0.2, -0.15) is 5.21 Å². The van der Waals surface area contributed by atoms with Crippen LogP contribution in [0.1, 0.15) is 18.7 Å². The van der Waals surface area contributed by atoms with Gasteiger partial charge in [0.05, 0.1) is 0 Å². The molecule has 0 atom stereocenters. The van der Waals surface area contributed by atoms with Gasteiger partial charge in [-0.3, -0.25) is 0 Å². The second-order valence-corrected chi connectivity index (χ2v) is 2.72. The molecule has 1 saturated carbocycles. The molecule has 0 spiro atoms. The zero-order valence-electron chi connectivity index (χ0n) is 5.54. The highest BCUT2D eigenvalue weighted by Crippen LogP contribution is 2.44. The van der Waals surface area contributed by atoms with Crippen LogP contribution in [0.5, 0.6) is 0 Å². The first-order chi connectivity index (χ1) is 4.87. The Hall–Kier alpha value is -0.970.